The zero-order chi connectivity index (χ0) is 14.4. The summed E-state index contributed by atoms with van der Waals surface area (Å²) in [6, 6.07) is 18.1. The molecule has 0 saturated heterocycles. The molecule has 0 aliphatic heterocycles. The van der Waals surface area contributed by atoms with E-state index in [0.717, 1.165) is 11.5 Å². The number of para-hydroxylation sites is 1. The van der Waals surface area contributed by atoms with Crippen LogP contribution < -0.4 is 14.8 Å². The predicted octanol–water partition coefficient (Wildman–Crippen LogP) is 3.42. The fourth-order valence-corrected chi connectivity index (χ4v) is 2.27. The van der Waals surface area contributed by atoms with Crippen LogP contribution in [0.3, 0.4) is 0 Å². The second kappa shape index (κ2) is 6.96. The lowest BCUT2D eigenvalue weighted by Gasteiger charge is -2.25. The molecule has 106 valence electrons. The summed E-state index contributed by atoms with van der Waals surface area (Å²) in [5.41, 5.74) is 1.18. The minimum Gasteiger partial charge on any atom is -0.497 e. The van der Waals surface area contributed by atoms with Crippen molar-refractivity contribution in [2.75, 3.05) is 14.2 Å². The molecule has 0 fully saturated rings. The summed E-state index contributed by atoms with van der Waals surface area (Å²) in [4.78, 5) is 0. The van der Waals surface area contributed by atoms with Crippen LogP contribution in [0.1, 0.15) is 18.5 Å². The fourth-order valence-electron chi connectivity index (χ4n) is 2.27. The lowest BCUT2D eigenvalue weighted by molar-refractivity contribution is 0.175. The third kappa shape index (κ3) is 3.52. The van der Waals surface area contributed by atoms with Crippen LogP contribution in [0, 0.1) is 0 Å². The molecule has 0 radical (unpaired) electrons. The second-order valence-corrected chi connectivity index (χ2v) is 4.68. The molecule has 0 amide bonds. The molecule has 2 aromatic carbocycles. The molecule has 1 N–H and O–H groups in total. The van der Waals surface area contributed by atoms with Crippen LogP contribution in [-0.4, -0.2) is 20.3 Å². The van der Waals surface area contributed by atoms with Gasteiger partial charge in [-0.1, -0.05) is 30.3 Å². The van der Waals surface area contributed by atoms with E-state index in [4.69, 9.17) is 9.47 Å². The third-order valence-electron chi connectivity index (χ3n) is 3.32. The zero-order valence-electron chi connectivity index (χ0n) is 12.2. The number of methoxy groups -OCH3 is 1. The van der Waals surface area contributed by atoms with Gasteiger partial charge < -0.3 is 14.8 Å². The van der Waals surface area contributed by atoms with Gasteiger partial charge in [0.2, 0.25) is 0 Å². The van der Waals surface area contributed by atoms with Crippen molar-refractivity contribution in [1.82, 2.24) is 5.32 Å². The molecule has 2 atom stereocenters. The molecule has 3 nitrogen and oxygen atoms in total. The molecular weight excluding hydrogens is 250 g/mol. The van der Waals surface area contributed by atoms with E-state index < -0.39 is 0 Å². The van der Waals surface area contributed by atoms with Gasteiger partial charge in [-0.25, -0.2) is 0 Å². The van der Waals surface area contributed by atoms with Gasteiger partial charge in [0, 0.05) is 0 Å². The van der Waals surface area contributed by atoms with Crippen molar-refractivity contribution in [3.8, 4) is 11.5 Å². The van der Waals surface area contributed by atoms with E-state index in [1.54, 1.807) is 7.11 Å². The Balaban J connectivity index is 2.10. The molecule has 2 rings (SSSR count). The maximum absolute atomic E-state index is 5.98. The number of nitrogens with one attached hydrogen (secondary N) is 1. The molecule has 2 aromatic rings. The van der Waals surface area contributed by atoms with Crippen molar-refractivity contribution < 1.29 is 9.47 Å². The third-order valence-corrected chi connectivity index (χ3v) is 3.32. The largest absolute Gasteiger partial charge is 0.497 e. The smallest absolute Gasteiger partial charge is 0.119 e. The fraction of sp³-hybridized carbons (Fsp3) is 0.294. The average Bonchev–Trinajstić information content (AvgIpc) is 2.49. The zero-order valence-corrected chi connectivity index (χ0v) is 12.2. The highest BCUT2D eigenvalue weighted by Gasteiger charge is 2.19. The van der Waals surface area contributed by atoms with Crippen molar-refractivity contribution in [3.05, 3.63) is 60.2 Å². The average molecular weight is 271 g/mol. The molecule has 0 saturated carbocycles. The highest BCUT2D eigenvalue weighted by molar-refractivity contribution is 5.30. The lowest BCUT2D eigenvalue weighted by atomic mass is 10.0. The molecule has 0 spiro atoms. The predicted molar refractivity (Wildman–Crippen MR) is 81.3 cm³/mol. The second-order valence-electron chi connectivity index (χ2n) is 4.68. The quantitative estimate of drug-likeness (QED) is 0.873. The molecule has 0 bridgehead atoms. The summed E-state index contributed by atoms with van der Waals surface area (Å²) in [5.74, 6) is 1.74. The number of hydrogen-bond donors (Lipinski definition) is 1. The minimum absolute atomic E-state index is 0.0239. The van der Waals surface area contributed by atoms with Crippen molar-refractivity contribution in [3.63, 3.8) is 0 Å². The van der Waals surface area contributed by atoms with Gasteiger partial charge in [0.1, 0.15) is 17.6 Å². The van der Waals surface area contributed by atoms with Crippen LogP contribution in [0.25, 0.3) is 0 Å². The summed E-state index contributed by atoms with van der Waals surface area (Å²) >= 11 is 0. The van der Waals surface area contributed by atoms with Gasteiger partial charge in [0.05, 0.1) is 13.2 Å². The monoisotopic (exact) mass is 271 g/mol. The van der Waals surface area contributed by atoms with E-state index in [1.807, 2.05) is 49.5 Å². The van der Waals surface area contributed by atoms with Crippen LogP contribution in [-0.2, 0) is 0 Å². The van der Waals surface area contributed by atoms with Gasteiger partial charge in [0.15, 0.2) is 0 Å². The number of benzene rings is 2. The highest BCUT2D eigenvalue weighted by atomic mass is 16.5. The van der Waals surface area contributed by atoms with Crippen molar-refractivity contribution in [2.24, 2.45) is 0 Å². The van der Waals surface area contributed by atoms with Gasteiger partial charge in [-0.3, -0.25) is 0 Å². The Labute approximate surface area is 120 Å². The molecule has 20 heavy (non-hydrogen) atoms. The Morgan fingerprint density at radius 1 is 0.900 bits per heavy atom. The molecule has 0 aliphatic rings. The van der Waals surface area contributed by atoms with Crippen LogP contribution in [0.5, 0.6) is 11.5 Å². The normalized spacial score (nSPS) is 13.6. The number of rotatable bonds is 6. The van der Waals surface area contributed by atoms with Crippen LogP contribution in [0.2, 0.25) is 0 Å². The van der Waals surface area contributed by atoms with E-state index in [-0.39, 0.29) is 12.1 Å². The summed E-state index contributed by atoms with van der Waals surface area (Å²) in [7, 11) is 3.62. The number of likely N-dealkylation sites (N-methyl/N-ethyl adjacent to an activating group) is 1. The van der Waals surface area contributed by atoms with Crippen LogP contribution in [0.4, 0.5) is 0 Å². The Bertz CT molecular complexity index is 510. The van der Waals surface area contributed by atoms with E-state index in [2.05, 4.69) is 24.4 Å². The first-order valence-corrected chi connectivity index (χ1v) is 6.77. The van der Waals surface area contributed by atoms with Crippen LogP contribution >= 0.6 is 0 Å². The lowest BCUT2D eigenvalue weighted by Crippen LogP contribution is -2.31. The Morgan fingerprint density at radius 2 is 1.55 bits per heavy atom. The summed E-state index contributed by atoms with van der Waals surface area (Å²) in [6.07, 6.45) is 0.0239. The van der Waals surface area contributed by atoms with Crippen molar-refractivity contribution in [2.45, 2.75) is 19.1 Å². The topological polar surface area (TPSA) is 30.5 Å². The minimum atomic E-state index is 0.0239. The van der Waals surface area contributed by atoms with Crippen molar-refractivity contribution >= 4 is 0 Å². The standard InChI is InChI=1S/C17H21NO2/c1-13(20-16-7-5-4-6-8-16)17(18-2)14-9-11-15(19-3)12-10-14/h4-13,17-18H,1-3H3. The Kier molecular flexibility index (Phi) is 5.02. The molecular formula is C17H21NO2. The van der Waals surface area contributed by atoms with Crippen molar-refractivity contribution in [1.29, 1.82) is 0 Å². The molecule has 2 unspecified atom stereocenters. The van der Waals surface area contributed by atoms with Gasteiger partial charge in [0.25, 0.3) is 0 Å². The maximum Gasteiger partial charge on any atom is 0.119 e. The number of ether oxygens (including phenoxy) is 2. The molecule has 0 aliphatic carbocycles. The van der Waals surface area contributed by atoms with Gasteiger partial charge in [-0.15, -0.1) is 0 Å². The Morgan fingerprint density at radius 3 is 2.10 bits per heavy atom. The van der Waals surface area contributed by atoms with Gasteiger partial charge in [-0.2, -0.15) is 0 Å². The van der Waals surface area contributed by atoms with Crippen LogP contribution in [0.15, 0.2) is 54.6 Å². The summed E-state index contributed by atoms with van der Waals surface area (Å²) in [6.45, 7) is 2.07. The first-order valence-electron chi connectivity index (χ1n) is 6.77. The first-order chi connectivity index (χ1) is 9.74. The summed E-state index contributed by atoms with van der Waals surface area (Å²) in [5, 5.41) is 3.31. The van der Waals surface area contributed by atoms with E-state index in [1.165, 1.54) is 5.56 Å². The van der Waals surface area contributed by atoms with E-state index >= 15 is 0 Å². The van der Waals surface area contributed by atoms with E-state index in [9.17, 15) is 0 Å². The molecule has 0 heterocycles. The van der Waals surface area contributed by atoms with E-state index in [0.29, 0.717) is 0 Å². The molecule has 3 heteroatoms. The Hall–Kier alpha value is -2.00. The van der Waals surface area contributed by atoms with Gasteiger partial charge >= 0.3 is 0 Å². The highest BCUT2D eigenvalue weighted by Crippen LogP contribution is 2.23. The summed E-state index contributed by atoms with van der Waals surface area (Å²) < 4.78 is 11.2. The SMILES string of the molecule is CNC(c1ccc(OC)cc1)C(C)Oc1ccccc1. The maximum atomic E-state index is 5.98. The first kappa shape index (κ1) is 14.4. The number of hydrogen-bond acceptors (Lipinski definition) is 3. The van der Waals surface area contributed by atoms with Gasteiger partial charge in [-0.05, 0) is 43.8 Å². The molecule has 0 aromatic heterocycles.